The van der Waals surface area contributed by atoms with Gasteiger partial charge in [-0.05, 0) is 37.6 Å². The molecular formula is C23H26N6O6. The number of amides is 2. The number of ether oxygens (including phenoxy) is 1. The number of carbonyl (C=O) groups is 3. The zero-order valence-electron chi connectivity index (χ0n) is 19.5. The van der Waals surface area contributed by atoms with Crippen LogP contribution < -0.4 is 21.7 Å². The molecule has 0 atom stereocenters. The largest absolute Gasteiger partial charge is 0.454 e. The van der Waals surface area contributed by atoms with Gasteiger partial charge in [0, 0.05) is 25.9 Å². The normalized spacial score (nSPS) is 13.8. The molecular weight excluding hydrogens is 456 g/mol. The Morgan fingerprint density at radius 3 is 2.49 bits per heavy atom. The highest BCUT2D eigenvalue weighted by molar-refractivity contribution is 6.01. The number of hydrogen-bond donors (Lipinski definition) is 2. The SMILES string of the molecule is CCCCn1c(=O)[nH]c(=O)c2c1nc(COC(=O)c1ccc(N3NC(=O)CCC3=O)cc1)n2CC. The summed E-state index contributed by atoms with van der Waals surface area (Å²) in [4.78, 5) is 67.9. The fourth-order valence-corrected chi connectivity index (χ4v) is 3.94. The summed E-state index contributed by atoms with van der Waals surface area (Å²) in [5.41, 5.74) is 2.61. The molecule has 0 bridgehead atoms. The predicted molar refractivity (Wildman–Crippen MR) is 126 cm³/mol. The Labute approximate surface area is 199 Å². The summed E-state index contributed by atoms with van der Waals surface area (Å²) in [5, 5.41) is 1.15. The quantitative estimate of drug-likeness (QED) is 0.459. The van der Waals surface area contributed by atoms with Crippen molar-refractivity contribution in [2.45, 2.75) is 59.2 Å². The van der Waals surface area contributed by atoms with Crippen LogP contribution in [-0.2, 0) is 34.0 Å². The van der Waals surface area contributed by atoms with Gasteiger partial charge < -0.3 is 9.30 Å². The fraction of sp³-hybridized carbons (Fsp3) is 0.391. The minimum absolute atomic E-state index is 0.114. The van der Waals surface area contributed by atoms with Crippen molar-refractivity contribution in [1.82, 2.24) is 24.5 Å². The van der Waals surface area contributed by atoms with Crippen LogP contribution in [0, 0.1) is 0 Å². The highest BCUT2D eigenvalue weighted by Gasteiger charge is 2.24. The number of unbranched alkanes of at least 4 members (excludes halogenated alkanes) is 1. The third-order valence-electron chi connectivity index (χ3n) is 5.76. The van der Waals surface area contributed by atoms with Gasteiger partial charge in [0.25, 0.3) is 5.56 Å². The van der Waals surface area contributed by atoms with Crippen LogP contribution in [-0.4, -0.2) is 36.9 Å². The number of rotatable bonds is 8. The molecule has 1 saturated heterocycles. The molecule has 2 aromatic heterocycles. The molecule has 2 amide bonds. The molecule has 0 unspecified atom stereocenters. The van der Waals surface area contributed by atoms with E-state index in [2.05, 4.69) is 15.4 Å². The molecule has 0 spiro atoms. The first-order valence-electron chi connectivity index (χ1n) is 11.5. The van der Waals surface area contributed by atoms with E-state index < -0.39 is 17.2 Å². The first-order chi connectivity index (χ1) is 16.8. The first-order valence-corrected chi connectivity index (χ1v) is 11.5. The van der Waals surface area contributed by atoms with E-state index in [1.807, 2.05) is 13.8 Å². The smallest absolute Gasteiger partial charge is 0.338 e. The second-order valence-corrected chi connectivity index (χ2v) is 8.10. The maximum Gasteiger partial charge on any atom is 0.338 e. The van der Waals surface area contributed by atoms with Crippen LogP contribution in [0.15, 0.2) is 33.9 Å². The lowest BCUT2D eigenvalue weighted by Crippen LogP contribution is -2.50. The molecule has 4 rings (SSSR count). The summed E-state index contributed by atoms with van der Waals surface area (Å²) in [6.45, 7) is 4.42. The predicted octanol–water partition coefficient (Wildman–Crippen LogP) is 1.22. The van der Waals surface area contributed by atoms with E-state index in [1.54, 1.807) is 4.57 Å². The summed E-state index contributed by atoms with van der Waals surface area (Å²) < 4.78 is 8.48. The van der Waals surface area contributed by atoms with Gasteiger partial charge in [0.1, 0.15) is 12.4 Å². The number of fused-ring (bicyclic) bond motifs is 1. The van der Waals surface area contributed by atoms with Crippen LogP contribution in [0.2, 0.25) is 0 Å². The number of aryl methyl sites for hydroxylation is 2. The van der Waals surface area contributed by atoms with Crippen LogP contribution in [0.5, 0.6) is 0 Å². The highest BCUT2D eigenvalue weighted by atomic mass is 16.5. The highest BCUT2D eigenvalue weighted by Crippen LogP contribution is 2.19. The molecule has 3 heterocycles. The van der Waals surface area contributed by atoms with Gasteiger partial charge in [-0.1, -0.05) is 13.3 Å². The molecule has 3 aromatic rings. The molecule has 184 valence electrons. The van der Waals surface area contributed by atoms with E-state index in [0.717, 1.165) is 17.9 Å². The Bertz CT molecular complexity index is 1400. The van der Waals surface area contributed by atoms with E-state index in [4.69, 9.17) is 4.74 Å². The van der Waals surface area contributed by atoms with E-state index in [0.29, 0.717) is 24.6 Å². The van der Waals surface area contributed by atoms with Gasteiger partial charge in [-0.2, -0.15) is 0 Å². The number of aromatic nitrogens is 4. The van der Waals surface area contributed by atoms with E-state index >= 15 is 0 Å². The molecule has 0 aliphatic carbocycles. The molecule has 2 N–H and O–H groups in total. The number of hydrogen-bond acceptors (Lipinski definition) is 7. The Balaban J connectivity index is 1.54. The van der Waals surface area contributed by atoms with Crippen molar-refractivity contribution < 1.29 is 19.1 Å². The van der Waals surface area contributed by atoms with Crippen molar-refractivity contribution in [2.75, 3.05) is 5.01 Å². The standard InChI is InChI=1S/C23H26N6O6/c1-3-5-12-28-20-19(21(32)25-23(28)34)27(4-2)16(24-20)13-35-22(33)14-6-8-15(9-7-14)29-18(31)11-10-17(30)26-29/h6-9H,3-5,10-13H2,1-2H3,(H,26,30)(H,25,32,34). The fourth-order valence-electron chi connectivity index (χ4n) is 3.94. The van der Waals surface area contributed by atoms with Crippen LogP contribution in [0.25, 0.3) is 11.2 Å². The molecule has 12 nitrogen and oxygen atoms in total. The number of hydrazine groups is 1. The van der Waals surface area contributed by atoms with Crippen molar-refractivity contribution in [3.63, 3.8) is 0 Å². The maximum atomic E-state index is 12.6. The minimum atomic E-state index is -0.627. The zero-order chi connectivity index (χ0) is 25.1. The lowest BCUT2D eigenvalue weighted by molar-refractivity contribution is -0.130. The van der Waals surface area contributed by atoms with Gasteiger partial charge >= 0.3 is 11.7 Å². The van der Waals surface area contributed by atoms with Gasteiger partial charge in [0.05, 0.1) is 11.3 Å². The molecule has 12 heteroatoms. The summed E-state index contributed by atoms with van der Waals surface area (Å²) in [5.74, 6) is -0.787. The Kier molecular flexibility index (Phi) is 6.80. The molecule has 0 radical (unpaired) electrons. The number of anilines is 1. The second-order valence-electron chi connectivity index (χ2n) is 8.10. The van der Waals surface area contributed by atoms with Gasteiger partial charge in [0.15, 0.2) is 11.2 Å². The summed E-state index contributed by atoms with van der Waals surface area (Å²) in [6.07, 6.45) is 1.86. The number of imidazole rings is 1. The Morgan fingerprint density at radius 2 is 1.80 bits per heavy atom. The van der Waals surface area contributed by atoms with Crippen molar-refractivity contribution in [3.05, 3.63) is 56.5 Å². The number of benzene rings is 1. The van der Waals surface area contributed by atoms with Crippen LogP contribution >= 0.6 is 0 Å². The number of aromatic amines is 1. The van der Waals surface area contributed by atoms with Crippen LogP contribution in [0.4, 0.5) is 5.69 Å². The lowest BCUT2D eigenvalue weighted by atomic mass is 10.2. The van der Waals surface area contributed by atoms with E-state index in [9.17, 15) is 24.0 Å². The molecule has 1 fully saturated rings. The van der Waals surface area contributed by atoms with Gasteiger partial charge in [-0.15, -0.1) is 0 Å². The first kappa shape index (κ1) is 23.9. The number of carbonyl (C=O) groups excluding carboxylic acids is 3. The van der Waals surface area contributed by atoms with Crippen LogP contribution in [0.3, 0.4) is 0 Å². The van der Waals surface area contributed by atoms with Gasteiger partial charge in [0.2, 0.25) is 11.8 Å². The topological polar surface area (TPSA) is 148 Å². The molecule has 1 aliphatic heterocycles. The minimum Gasteiger partial charge on any atom is -0.454 e. The number of H-pyrrole nitrogens is 1. The average Bonchev–Trinajstić information content (AvgIpc) is 3.23. The van der Waals surface area contributed by atoms with Gasteiger partial charge in [-0.25, -0.2) is 19.6 Å². The van der Waals surface area contributed by atoms with Crippen LogP contribution in [0.1, 0.15) is 55.7 Å². The zero-order valence-corrected chi connectivity index (χ0v) is 19.5. The molecule has 1 aliphatic rings. The average molecular weight is 482 g/mol. The monoisotopic (exact) mass is 482 g/mol. The maximum absolute atomic E-state index is 12.6. The summed E-state index contributed by atoms with van der Waals surface area (Å²) in [6, 6.07) is 6.05. The number of esters is 1. The third kappa shape index (κ3) is 4.72. The molecule has 35 heavy (non-hydrogen) atoms. The Hall–Kier alpha value is -4.22. The number of nitrogens with zero attached hydrogens (tertiary/aromatic N) is 4. The van der Waals surface area contributed by atoms with Crippen molar-refractivity contribution >= 4 is 34.6 Å². The van der Waals surface area contributed by atoms with Crippen molar-refractivity contribution in [2.24, 2.45) is 0 Å². The third-order valence-corrected chi connectivity index (χ3v) is 5.76. The lowest BCUT2D eigenvalue weighted by Gasteiger charge is -2.27. The Morgan fingerprint density at radius 1 is 1.06 bits per heavy atom. The molecule has 0 saturated carbocycles. The van der Waals surface area contributed by atoms with E-state index in [-0.39, 0.29) is 48.0 Å². The molecule has 1 aromatic carbocycles. The summed E-state index contributed by atoms with van der Waals surface area (Å²) >= 11 is 0. The van der Waals surface area contributed by atoms with Crippen molar-refractivity contribution in [1.29, 1.82) is 0 Å². The summed E-state index contributed by atoms with van der Waals surface area (Å²) in [7, 11) is 0. The van der Waals surface area contributed by atoms with Gasteiger partial charge in [-0.3, -0.25) is 29.4 Å². The second kappa shape index (κ2) is 9.95. The van der Waals surface area contributed by atoms with E-state index in [1.165, 1.54) is 28.8 Å². The number of nitrogens with one attached hydrogen (secondary N) is 2. The van der Waals surface area contributed by atoms with Crippen molar-refractivity contribution in [3.8, 4) is 0 Å².